The Kier molecular flexibility index (Phi) is 5.97. The number of aromatic nitrogens is 1. The first kappa shape index (κ1) is 21.1. The Labute approximate surface area is 190 Å². The van der Waals surface area contributed by atoms with Gasteiger partial charge >= 0.3 is 5.97 Å². The topological polar surface area (TPSA) is 60.7 Å². The summed E-state index contributed by atoms with van der Waals surface area (Å²) in [5, 5.41) is 2.77. The van der Waals surface area contributed by atoms with Gasteiger partial charge in [-0.05, 0) is 49.1 Å². The number of thiophene rings is 1. The molecule has 0 saturated heterocycles. The van der Waals surface area contributed by atoms with Crippen LogP contribution in [0.1, 0.15) is 30.3 Å². The first-order valence-electron chi connectivity index (χ1n) is 9.08. The van der Waals surface area contributed by atoms with Gasteiger partial charge in [0.1, 0.15) is 6.04 Å². The second-order valence-electron chi connectivity index (χ2n) is 6.49. The van der Waals surface area contributed by atoms with Crippen LogP contribution in [0.4, 0.5) is 0 Å². The Hall–Kier alpha value is -2.19. The summed E-state index contributed by atoms with van der Waals surface area (Å²) in [4.78, 5) is 32.0. The lowest BCUT2D eigenvalue weighted by Gasteiger charge is -2.23. The van der Waals surface area contributed by atoms with Gasteiger partial charge in [0.15, 0.2) is 4.80 Å². The minimum absolute atomic E-state index is 0.225. The van der Waals surface area contributed by atoms with Crippen molar-refractivity contribution >= 4 is 57.9 Å². The van der Waals surface area contributed by atoms with Crippen LogP contribution in [0, 0.1) is 0 Å². The van der Waals surface area contributed by atoms with E-state index in [2.05, 4.69) is 4.99 Å². The Bertz CT molecular complexity index is 1340. The number of halogens is 2. The van der Waals surface area contributed by atoms with Gasteiger partial charge in [0.2, 0.25) is 0 Å². The average molecular weight is 479 g/mol. The fourth-order valence-electron chi connectivity index (χ4n) is 3.26. The molecule has 154 valence electrons. The molecular formula is C21H16Cl2N2O3S2. The number of fused-ring (bicyclic) bond motifs is 1. The van der Waals surface area contributed by atoms with Gasteiger partial charge in [-0.25, -0.2) is 9.79 Å². The predicted molar refractivity (Wildman–Crippen MR) is 121 cm³/mol. The standard InChI is InChI=1S/C21H16Cl2N2O3S2/c1-3-28-20(27)17-11(2)24-21-25(18(17)15-5-4-8-29-15)19(26)16(30-21)10-12-6-7-13(22)14(23)9-12/h4-10,18H,3H2,1-2H3/b16-10+/t18-/m0/s1. The fraction of sp³-hybridized carbons (Fsp3) is 0.190. The van der Waals surface area contributed by atoms with E-state index >= 15 is 0 Å². The number of carbonyl (C=O) groups is 1. The maximum absolute atomic E-state index is 13.4. The van der Waals surface area contributed by atoms with Crippen LogP contribution in [0.15, 0.2) is 56.8 Å². The highest BCUT2D eigenvalue weighted by Gasteiger charge is 2.33. The number of benzene rings is 1. The van der Waals surface area contributed by atoms with Crippen molar-refractivity contribution in [2.45, 2.75) is 19.9 Å². The first-order valence-corrected chi connectivity index (χ1v) is 11.5. The Morgan fingerprint density at radius 3 is 2.77 bits per heavy atom. The molecule has 0 fully saturated rings. The van der Waals surface area contributed by atoms with Crippen LogP contribution in [0.2, 0.25) is 10.0 Å². The van der Waals surface area contributed by atoms with Crippen molar-refractivity contribution in [3.63, 3.8) is 0 Å². The van der Waals surface area contributed by atoms with Crippen LogP contribution in [-0.4, -0.2) is 17.1 Å². The van der Waals surface area contributed by atoms with E-state index in [0.29, 0.717) is 30.6 Å². The van der Waals surface area contributed by atoms with Crippen molar-refractivity contribution < 1.29 is 9.53 Å². The number of nitrogens with zero attached hydrogens (tertiary/aromatic N) is 2. The maximum Gasteiger partial charge on any atom is 0.338 e. The third-order valence-corrected chi connectivity index (χ3v) is 7.22. The van der Waals surface area contributed by atoms with Crippen molar-refractivity contribution in [3.8, 4) is 0 Å². The summed E-state index contributed by atoms with van der Waals surface area (Å²) >= 11 is 14.8. The second-order valence-corrected chi connectivity index (χ2v) is 9.29. The number of rotatable bonds is 4. The van der Waals surface area contributed by atoms with E-state index in [0.717, 1.165) is 10.4 Å². The monoisotopic (exact) mass is 478 g/mol. The average Bonchev–Trinajstić information content (AvgIpc) is 3.33. The highest BCUT2D eigenvalue weighted by molar-refractivity contribution is 7.10. The van der Waals surface area contributed by atoms with Crippen molar-refractivity contribution in [1.82, 2.24) is 4.57 Å². The van der Waals surface area contributed by atoms with Gasteiger partial charge in [0, 0.05) is 4.88 Å². The molecule has 5 nitrogen and oxygen atoms in total. The molecule has 3 aromatic rings. The number of esters is 1. The molecule has 0 radical (unpaired) electrons. The van der Waals surface area contributed by atoms with Gasteiger partial charge in [-0.3, -0.25) is 9.36 Å². The lowest BCUT2D eigenvalue weighted by Crippen LogP contribution is -2.39. The highest BCUT2D eigenvalue weighted by atomic mass is 35.5. The fourth-order valence-corrected chi connectivity index (χ4v) is 5.44. The molecule has 1 aliphatic rings. The summed E-state index contributed by atoms with van der Waals surface area (Å²) < 4.78 is 7.32. The van der Waals surface area contributed by atoms with E-state index < -0.39 is 12.0 Å². The molecule has 0 bridgehead atoms. The molecule has 0 spiro atoms. The number of ether oxygens (including phenoxy) is 1. The molecule has 4 rings (SSSR count). The molecule has 2 aromatic heterocycles. The third kappa shape index (κ3) is 3.78. The van der Waals surface area contributed by atoms with Gasteiger partial charge in [-0.1, -0.05) is 46.7 Å². The van der Waals surface area contributed by atoms with Crippen LogP contribution in [0.25, 0.3) is 6.08 Å². The van der Waals surface area contributed by atoms with E-state index in [1.54, 1.807) is 42.7 Å². The number of hydrogen-bond donors (Lipinski definition) is 0. The lowest BCUT2D eigenvalue weighted by molar-refractivity contribution is -0.139. The van der Waals surface area contributed by atoms with E-state index in [-0.39, 0.29) is 12.2 Å². The Balaban J connectivity index is 1.93. The maximum atomic E-state index is 13.4. The van der Waals surface area contributed by atoms with E-state index in [4.69, 9.17) is 27.9 Å². The van der Waals surface area contributed by atoms with Crippen LogP contribution < -0.4 is 14.9 Å². The quantitative estimate of drug-likeness (QED) is 0.528. The largest absolute Gasteiger partial charge is 0.463 e. The highest BCUT2D eigenvalue weighted by Crippen LogP contribution is 2.33. The summed E-state index contributed by atoms with van der Waals surface area (Å²) in [6.45, 7) is 3.76. The predicted octanol–water partition coefficient (Wildman–Crippen LogP) is 4.17. The van der Waals surface area contributed by atoms with Gasteiger partial charge < -0.3 is 4.74 Å². The molecule has 0 unspecified atom stereocenters. The van der Waals surface area contributed by atoms with E-state index in [1.165, 1.54) is 22.7 Å². The number of carbonyl (C=O) groups excluding carboxylic acids is 1. The molecule has 0 N–H and O–H groups in total. The molecule has 1 aromatic carbocycles. The van der Waals surface area contributed by atoms with Gasteiger partial charge in [0.05, 0.1) is 32.5 Å². The van der Waals surface area contributed by atoms with Crippen LogP contribution in [-0.2, 0) is 9.53 Å². The van der Waals surface area contributed by atoms with Crippen molar-refractivity contribution in [3.05, 3.63) is 87.2 Å². The molecule has 1 aliphatic heterocycles. The normalized spacial score (nSPS) is 16.4. The summed E-state index contributed by atoms with van der Waals surface area (Å²) in [5.74, 6) is -0.462. The number of allylic oxidation sites excluding steroid dienone is 1. The summed E-state index contributed by atoms with van der Waals surface area (Å²) in [6, 6.07) is 8.40. The third-order valence-electron chi connectivity index (χ3n) is 4.57. The molecule has 3 heterocycles. The van der Waals surface area contributed by atoms with E-state index in [9.17, 15) is 9.59 Å². The van der Waals surface area contributed by atoms with Crippen molar-refractivity contribution in [2.24, 2.45) is 4.99 Å². The first-order chi connectivity index (χ1) is 14.4. The van der Waals surface area contributed by atoms with Crippen LogP contribution in [0.5, 0.6) is 0 Å². The zero-order valence-electron chi connectivity index (χ0n) is 16.0. The van der Waals surface area contributed by atoms with Crippen LogP contribution >= 0.6 is 45.9 Å². The van der Waals surface area contributed by atoms with Crippen molar-refractivity contribution in [2.75, 3.05) is 6.61 Å². The minimum Gasteiger partial charge on any atom is -0.463 e. The molecule has 0 saturated carbocycles. The van der Waals surface area contributed by atoms with Gasteiger partial charge in [-0.2, -0.15) is 0 Å². The molecular weight excluding hydrogens is 463 g/mol. The summed E-state index contributed by atoms with van der Waals surface area (Å²) in [5.41, 5.74) is 1.46. The Morgan fingerprint density at radius 1 is 1.30 bits per heavy atom. The van der Waals surface area contributed by atoms with Gasteiger partial charge in [0.25, 0.3) is 5.56 Å². The van der Waals surface area contributed by atoms with Crippen LogP contribution in [0.3, 0.4) is 0 Å². The minimum atomic E-state index is -0.573. The second kappa shape index (κ2) is 8.51. The molecule has 1 atom stereocenters. The summed E-state index contributed by atoms with van der Waals surface area (Å²) in [7, 11) is 0. The van der Waals surface area contributed by atoms with Crippen molar-refractivity contribution in [1.29, 1.82) is 0 Å². The molecule has 0 aliphatic carbocycles. The molecule has 0 amide bonds. The molecule has 30 heavy (non-hydrogen) atoms. The SMILES string of the molecule is CCOC(=O)C1=C(C)N=c2s/c(=C/c3ccc(Cl)c(Cl)c3)c(=O)n2[C@H]1c1cccs1. The zero-order chi connectivity index (χ0) is 21.4. The van der Waals surface area contributed by atoms with Gasteiger partial charge in [-0.15, -0.1) is 11.3 Å². The smallest absolute Gasteiger partial charge is 0.338 e. The Morgan fingerprint density at radius 2 is 2.10 bits per heavy atom. The lowest BCUT2D eigenvalue weighted by atomic mass is 10.0. The van der Waals surface area contributed by atoms with E-state index in [1.807, 2.05) is 17.5 Å². The summed E-state index contributed by atoms with van der Waals surface area (Å²) in [6.07, 6.45) is 1.75. The number of hydrogen-bond acceptors (Lipinski definition) is 6. The number of thiazole rings is 1. The zero-order valence-corrected chi connectivity index (χ0v) is 19.2. The molecule has 9 heteroatoms.